The second kappa shape index (κ2) is 7.41. The number of benzene rings is 1. The molecule has 0 N–H and O–H groups in total. The molecule has 0 saturated carbocycles. The van der Waals surface area contributed by atoms with E-state index in [9.17, 15) is 0 Å². The number of aryl methyl sites for hydroxylation is 1. The van der Waals surface area contributed by atoms with Crippen LogP contribution in [-0.4, -0.2) is 12.1 Å². The second-order valence-corrected chi connectivity index (χ2v) is 5.26. The lowest BCUT2D eigenvalue weighted by Crippen LogP contribution is -1.98. The summed E-state index contributed by atoms with van der Waals surface area (Å²) in [6.07, 6.45) is 2.68. The van der Waals surface area contributed by atoms with Gasteiger partial charge in [0.15, 0.2) is 0 Å². The monoisotopic (exact) mass is 309 g/mol. The predicted molar refractivity (Wildman–Crippen MR) is 82.7 cm³/mol. The Labute approximate surface area is 127 Å². The summed E-state index contributed by atoms with van der Waals surface area (Å²) in [4.78, 5) is 5.00. The van der Waals surface area contributed by atoms with Gasteiger partial charge in [0.05, 0.1) is 12.0 Å². The maximum Gasteiger partial charge on any atom is 0.213 e. The van der Waals surface area contributed by atoms with Gasteiger partial charge in [0.2, 0.25) is 5.88 Å². The molecule has 3 nitrogen and oxygen atoms in total. The van der Waals surface area contributed by atoms with E-state index in [1.165, 1.54) is 16.5 Å². The molecule has 1 aromatic carbocycles. The van der Waals surface area contributed by atoms with Gasteiger partial charge < -0.3 is 9.47 Å². The number of pyridine rings is 1. The molecule has 0 bridgehead atoms. The fourth-order valence-electron chi connectivity index (χ4n) is 1.76. The number of hydrogen-bond acceptors (Lipinski definition) is 4. The molecule has 0 aliphatic rings. The van der Waals surface area contributed by atoms with Crippen LogP contribution in [0.25, 0.3) is 0 Å². The maximum atomic E-state index is 5.90. The second-order valence-electron chi connectivity index (χ2n) is 4.21. The molecule has 1 aromatic heterocycles. The van der Waals surface area contributed by atoms with Crippen LogP contribution in [0.4, 0.5) is 0 Å². The minimum atomic E-state index is 0.453. The third-order valence-corrected chi connectivity index (χ3v) is 3.89. The third kappa shape index (κ3) is 3.81. The highest BCUT2D eigenvalue weighted by Crippen LogP contribution is 2.33. The Morgan fingerprint density at radius 3 is 2.75 bits per heavy atom. The van der Waals surface area contributed by atoms with Gasteiger partial charge in [-0.15, -0.1) is 0 Å². The Hall–Kier alpha value is -1.39. The first-order valence-electron chi connectivity index (χ1n) is 6.30. The molecule has 2 aromatic rings. The van der Waals surface area contributed by atoms with Gasteiger partial charge in [0.25, 0.3) is 0 Å². The topological polar surface area (TPSA) is 31.4 Å². The minimum absolute atomic E-state index is 0.453. The summed E-state index contributed by atoms with van der Waals surface area (Å²) in [5, 5.41) is 0. The molecule has 2 rings (SSSR count). The molecule has 0 aliphatic heterocycles. The molecule has 0 fully saturated rings. The van der Waals surface area contributed by atoms with Crippen molar-refractivity contribution in [3.8, 4) is 11.6 Å². The fraction of sp³-hybridized carbons (Fsp3) is 0.267. The van der Waals surface area contributed by atoms with E-state index in [0.717, 1.165) is 22.6 Å². The zero-order chi connectivity index (χ0) is 14.4. The van der Waals surface area contributed by atoms with Crippen LogP contribution in [0.3, 0.4) is 0 Å². The van der Waals surface area contributed by atoms with Gasteiger partial charge in [-0.05, 0) is 57.4 Å². The average Bonchev–Trinajstić information content (AvgIpc) is 2.52. The van der Waals surface area contributed by atoms with E-state index in [0.29, 0.717) is 12.5 Å². The largest absolute Gasteiger partial charge is 0.488 e. The molecule has 1 heterocycles. The summed E-state index contributed by atoms with van der Waals surface area (Å²) in [7, 11) is 8.67. The van der Waals surface area contributed by atoms with Gasteiger partial charge in [0.1, 0.15) is 12.4 Å². The number of halogens is 1. The van der Waals surface area contributed by atoms with Crippen molar-refractivity contribution < 1.29 is 9.47 Å². The zero-order valence-corrected chi connectivity index (χ0v) is 13.0. The van der Waals surface area contributed by atoms with E-state index < -0.39 is 0 Å². The first-order valence-corrected chi connectivity index (χ1v) is 7.94. The van der Waals surface area contributed by atoms with Crippen molar-refractivity contribution in [2.75, 3.05) is 7.11 Å². The van der Waals surface area contributed by atoms with Crippen LogP contribution in [0.2, 0.25) is 0 Å². The number of hydrogen-bond donors (Lipinski definition) is 0. The molecule has 0 aliphatic carbocycles. The van der Waals surface area contributed by atoms with Gasteiger partial charge in [0, 0.05) is 12.3 Å². The van der Waals surface area contributed by atoms with E-state index in [1.54, 1.807) is 13.3 Å². The number of nitrogens with zero attached hydrogens (tertiary/aromatic N) is 1. The van der Waals surface area contributed by atoms with Crippen LogP contribution >= 0.6 is 21.7 Å². The van der Waals surface area contributed by atoms with Gasteiger partial charge >= 0.3 is 0 Å². The van der Waals surface area contributed by atoms with Crippen molar-refractivity contribution >= 4 is 21.7 Å². The normalized spacial score (nSPS) is 10.3. The van der Waals surface area contributed by atoms with Gasteiger partial charge in [-0.1, -0.05) is 13.0 Å². The van der Waals surface area contributed by atoms with Gasteiger partial charge in [-0.25, -0.2) is 4.98 Å². The summed E-state index contributed by atoms with van der Waals surface area (Å²) in [6.45, 7) is 2.57. The summed E-state index contributed by atoms with van der Waals surface area (Å²) in [6, 6.07) is 9.82. The van der Waals surface area contributed by atoms with E-state index in [-0.39, 0.29) is 0 Å². The fourth-order valence-corrected chi connectivity index (χ4v) is 2.53. The molecule has 0 atom stereocenters. The highest BCUT2D eigenvalue weighted by molar-refractivity contribution is 8.21. The van der Waals surface area contributed by atoms with Crippen molar-refractivity contribution in [1.29, 1.82) is 0 Å². The number of rotatable bonds is 6. The van der Waals surface area contributed by atoms with Crippen LogP contribution < -0.4 is 9.47 Å². The highest BCUT2D eigenvalue weighted by Gasteiger charge is 2.06. The molecule has 20 heavy (non-hydrogen) atoms. The summed E-state index contributed by atoms with van der Waals surface area (Å²) < 4.78 is 10.9. The van der Waals surface area contributed by atoms with Crippen LogP contribution in [0.5, 0.6) is 11.6 Å². The molecule has 0 spiro atoms. The van der Waals surface area contributed by atoms with Crippen LogP contribution in [-0.2, 0) is 13.0 Å². The molecule has 0 radical (unpaired) electrons. The Bertz CT molecular complexity index is 578. The highest BCUT2D eigenvalue weighted by atomic mass is 35.7. The molecule has 5 heteroatoms. The molecular formula is C15H16ClNO2S. The predicted octanol–water partition coefficient (Wildman–Crippen LogP) is 4.48. The minimum Gasteiger partial charge on any atom is -0.488 e. The molecule has 106 valence electrons. The molecule has 0 amide bonds. The first-order chi connectivity index (χ1) is 9.76. The Balaban J connectivity index is 2.10. The lowest BCUT2D eigenvalue weighted by Gasteiger charge is -2.11. The Morgan fingerprint density at radius 1 is 1.20 bits per heavy atom. The van der Waals surface area contributed by atoms with Crippen molar-refractivity contribution in [1.82, 2.24) is 4.98 Å². The molecular weight excluding hydrogens is 294 g/mol. The zero-order valence-electron chi connectivity index (χ0n) is 11.4. The lowest BCUT2D eigenvalue weighted by atomic mass is 10.2. The van der Waals surface area contributed by atoms with Crippen molar-refractivity contribution in [2.45, 2.75) is 24.8 Å². The average molecular weight is 310 g/mol. The standard InChI is InChI=1S/C15H16ClNO2S/c1-3-11-4-5-13(14(8-11)20-16)19-10-12-6-7-17-15(9-12)18-2/h4-9H,3,10H2,1-2H3. The van der Waals surface area contributed by atoms with Gasteiger partial charge in [-0.3, -0.25) is 0 Å². The van der Waals surface area contributed by atoms with Crippen LogP contribution in [0.15, 0.2) is 41.4 Å². The van der Waals surface area contributed by atoms with Crippen LogP contribution in [0, 0.1) is 0 Å². The van der Waals surface area contributed by atoms with E-state index >= 15 is 0 Å². The number of methoxy groups -OCH3 is 1. The van der Waals surface area contributed by atoms with E-state index in [2.05, 4.69) is 24.0 Å². The van der Waals surface area contributed by atoms with Crippen molar-refractivity contribution in [3.63, 3.8) is 0 Å². The first kappa shape index (κ1) is 15.0. The molecule has 0 unspecified atom stereocenters. The summed E-state index contributed by atoms with van der Waals surface area (Å²) in [5.41, 5.74) is 2.24. The van der Waals surface area contributed by atoms with E-state index in [4.69, 9.17) is 20.2 Å². The summed E-state index contributed by atoms with van der Waals surface area (Å²) >= 11 is 0. The molecule has 0 saturated heterocycles. The quantitative estimate of drug-likeness (QED) is 0.787. The van der Waals surface area contributed by atoms with Crippen molar-refractivity contribution in [2.24, 2.45) is 0 Å². The van der Waals surface area contributed by atoms with Gasteiger partial charge in [-0.2, -0.15) is 0 Å². The SMILES string of the molecule is CCc1ccc(OCc2ccnc(OC)c2)c(SCl)c1. The summed E-state index contributed by atoms with van der Waals surface area (Å²) in [5.74, 6) is 1.37. The lowest BCUT2D eigenvalue weighted by molar-refractivity contribution is 0.297. The van der Waals surface area contributed by atoms with Crippen LogP contribution in [0.1, 0.15) is 18.1 Å². The smallest absolute Gasteiger partial charge is 0.213 e. The maximum absolute atomic E-state index is 5.90. The Morgan fingerprint density at radius 2 is 2.05 bits per heavy atom. The third-order valence-electron chi connectivity index (χ3n) is 2.90. The van der Waals surface area contributed by atoms with E-state index in [1.807, 2.05) is 18.2 Å². The number of ether oxygens (including phenoxy) is 2. The number of aromatic nitrogens is 1. The Kier molecular flexibility index (Phi) is 5.56. The van der Waals surface area contributed by atoms with Crippen molar-refractivity contribution in [3.05, 3.63) is 47.7 Å².